The topological polar surface area (TPSA) is 96.0 Å². The summed E-state index contributed by atoms with van der Waals surface area (Å²) >= 11 is 0. The van der Waals surface area contributed by atoms with Gasteiger partial charge in [0.1, 0.15) is 23.8 Å². The van der Waals surface area contributed by atoms with Gasteiger partial charge in [0.05, 0.1) is 29.2 Å². The molecule has 0 radical (unpaired) electrons. The fraction of sp³-hybridized carbons (Fsp3) is 0.176. The number of carbonyl (C=O) groups is 1. The highest BCUT2D eigenvalue weighted by molar-refractivity contribution is 6.12. The number of aromatic nitrogens is 2. The molecule has 0 fully saturated rings. The van der Waals surface area contributed by atoms with E-state index in [1.807, 2.05) is 91.9 Å². The molecule has 2 aromatic heterocycles. The van der Waals surface area contributed by atoms with Crippen LogP contribution in [0.5, 0.6) is 17.2 Å². The maximum atomic E-state index is 11.8. The zero-order chi connectivity index (χ0) is 29.4. The molecule has 0 spiro atoms. The third-order valence-electron chi connectivity index (χ3n) is 7.22. The number of nitrogens with zero attached hydrogens (tertiary/aromatic N) is 2. The summed E-state index contributed by atoms with van der Waals surface area (Å²) in [5.74, 6) is 1.83. The van der Waals surface area contributed by atoms with Crippen molar-refractivity contribution in [3.8, 4) is 34.4 Å². The zero-order valence-electron chi connectivity index (χ0n) is 23.8. The summed E-state index contributed by atoms with van der Waals surface area (Å²) in [5, 5.41) is 11.4. The van der Waals surface area contributed by atoms with Crippen molar-refractivity contribution in [3.05, 3.63) is 102 Å². The van der Waals surface area contributed by atoms with Gasteiger partial charge in [0.15, 0.2) is 17.1 Å². The van der Waals surface area contributed by atoms with Crippen molar-refractivity contribution in [2.24, 2.45) is 0 Å². The summed E-state index contributed by atoms with van der Waals surface area (Å²) < 4.78 is 25.9. The zero-order valence-corrected chi connectivity index (χ0v) is 23.8. The van der Waals surface area contributed by atoms with Crippen LogP contribution in [0.1, 0.15) is 25.3 Å². The van der Waals surface area contributed by atoms with E-state index in [1.165, 1.54) is 0 Å². The molecule has 0 aliphatic heterocycles. The van der Waals surface area contributed by atoms with Crippen LogP contribution in [0.15, 0.2) is 95.4 Å². The van der Waals surface area contributed by atoms with E-state index in [-0.39, 0.29) is 6.61 Å². The Hall–Kier alpha value is -5.24. The van der Waals surface area contributed by atoms with Crippen LogP contribution in [0, 0.1) is 6.92 Å². The number of carboxylic acid groups (broad SMARTS) is 1. The lowest BCUT2D eigenvalue weighted by Crippen LogP contribution is -2.37. The minimum atomic E-state index is -1.40. The normalized spacial score (nSPS) is 11.6. The van der Waals surface area contributed by atoms with Gasteiger partial charge in [0.25, 0.3) is 0 Å². The summed E-state index contributed by atoms with van der Waals surface area (Å²) in [4.78, 5) is 16.5. The quantitative estimate of drug-likeness (QED) is 0.194. The molecule has 8 nitrogen and oxygen atoms in total. The van der Waals surface area contributed by atoms with Crippen molar-refractivity contribution in [1.29, 1.82) is 0 Å². The molecule has 0 unspecified atom stereocenters. The van der Waals surface area contributed by atoms with E-state index in [4.69, 9.17) is 18.6 Å². The largest absolute Gasteiger partial charge is 0.493 e. The number of carboxylic acids is 1. The molecule has 0 aliphatic rings. The van der Waals surface area contributed by atoms with Crippen LogP contribution in [0.3, 0.4) is 0 Å². The first-order valence-corrected chi connectivity index (χ1v) is 13.5. The predicted octanol–water partition coefficient (Wildman–Crippen LogP) is 7.58. The molecule has 2 heterocycles. The number of aliphatic carboxylic acids is 1. The SMILES string of the molecule is COc1cc(-n2c3ccccc3c3c(OC(C)(C)C(=O)O)cccc32)ccc1OCc1nc(-c2ccccc2)oc1C. The summed E-state index contributed by atoms with van der Waals surface area (Å²) in [5.41, 5.74) is 2.88. The first kappa shape index (κ1) is 27.0. The Kier molecular flexibility index (Phi) is 6.82. The average Bonchev–Trinajstić information content (AvgIpc) is 3.54. The minimum Gasteiger partial charge on any atom is -0.493 e. The van der Waals surface area contributed by atoms with E-state index in [1.54, 1.807) is 27.0 Å². The molecule has 6 rings (SSSR count). The van der Waals surface area contributed by atoms with Crippen LogP contribution < -0.4 is 14.2 Å². The van der Waals surface area contributed by atoms with E-state index in [0.29, 0.717) is 34.6 Å². The van der Waals surface area contributed by atoms with E-state index < -0.39 is 11.6 Å². The van der Waals surface area contributed by atoms with Crippen LogP contribution in [0.2, 0.25) is 0 Å². The third-order valence-corrected chi connectivity index (χ3v) is 7.22. The summed E-state index contributed by atoms with van der Waals surface area (Å²) in [6, 6.07) is 29.1. The van der Waals surface area contributed by atoms with E-state index in [9.17, 15) is 9.90 Å². The van der Waals surface area contributed by atoms with Crippen molar-refractivity contribution in [2.45, 2.75) is 33.0 Å². The van der Waals surface area contributed by atoms with E-state index in [0.717, 1.165) is 33.1 Å². The number of hydrogen-bond acceptors (Lipinski definition) is 6. The van der Waals surface area contributed by atoms with Gasteiger partial charge < -0.3 is 28.3 Å². The Morgan fingerprint density at radius 1 is 0.905 bits per heavy atom. The maximum absolute atomic E-state index is 11.8. The average molecular weight is 563 g/mol. The highest BCUT2D eigenvalue weighted by Crippen LogP contribution is 2.40. The summed E-state index contributed by atoms with van der Waals surface area (Å²) in [6.45, 7) is 5.17. The Labute approximate surface area is 242 Å². The fourth-order valence-corrected chi connectivity index (χ4v) is 5.00. The number of oxazole rings is 1. The highest BCUT2D eigenvalue weighted by atomic mass is 16.5. The minimum absolute atomic E-state index is 0.216. The molecule has 6 aromatic rings. The molecule has 1 N–H and O–H groups in total. The molecule has 0 aliphatic carbocycles. The molecule has 0 bridgehead atoms. The molecule has 0 saturated carbocycles. The standard InChI is InChI=1S/C34H30N2O6/c1-21-25(35-32(41-21)22-11-6-5-7-12-22)20-40-28-18-17-23(19-30(28)39-4)36-26-14-9-8-13-24(26)31-27(36)15-10-16-29(31)42-34(2,3)33(37)38/h5-19H,20H2,1-4H3,(H,37,38). The molecule has 0 saturated heterocycles. The van der Waals surface area contributed by atoms with Gasteiger partial charge in [-0.3, -0.25) is 0 Å². The first-order valence-electron chi connectivity index (χ1n) is 13.5. The molecule has 0 atom stereocenters. The molecular weight excluding hydrogens is 532 g/mol. The molecule has 0 amide bonds. The van der Waals surface area contributed by atoms with Crippen molar-refractivity contribution in [3.63, 3.8) is 0 Å². The maximum Gasteiger partial charge on any atom is 0.347 e. The third kappa shape index (κ3) is 4.81. The number of ether oxygens (including phenoxy) is 3. The number of fused-ring (bicyclic) bond motifs is 3. The number of para-hydroxylation sites is 1. The van der Waals surface area contributed by atoms with Gasteiger partial charge in [0, 0.05) is 17.0 Å². The van der Waals surface area contributed by atoms with Crippen LogP contribution >= 0.6 is 0 Å². The van der Waals surface area contributed by atoms with E-state index in [2.05, 4.69) is 9.55 Å². The summed E-state index contributed by atoms with van der Waals surface area (Å²) in [6.07, 6.45) is 0. The number of rotatable bonds is 9. The molecule has 212 valence electrons. The second-order valence-corrected chi connectivity index (χ2v) is 10.4. The van der Waals surface area contributed by atoms with Crippen molar-refractivity contribution < 1.29 is 28.5 Å². The predicted molar refractivity (Wildman–Crippen MR) is 161 cm³/mol. The van der Waals surface area contributed by atoms with Crippen molar-refractivity contribution in [2.75, 3.05) is 7.11 Å². The van der Waals surface area contributed by atoms with Gasteiger partial charge in [-0.25, -0.2) is 9.78 Å². The second kappa shape index (κ2) is 10.6. The Morgan fingerprint density at radius 2 is 1.64 bits per heavy atom. The van der Waals surface area contributed by atoms with Gasteiger partial charge in [-0.2, -0.15) is 0 Å². The number of methoxy groups -OCH3 is 1. The van der Waals surface area contributed by atoms with Crippen LogP contribution in [-0.4, -0.2) is 33.3 Å². The molecule has 4 aromatic carbocycles. The second-order valence-electron chi connectivity index (χ2n) is 10.4. The molecule has 42 heavy (non-hydrogen) atoms. The van der Waals surface area contributed by atoms with Crippen molar-refractivity contribution >= 4 is 27.8 Å². The Balaban J connectivity index is 1.36. The lowest BCUT2D eigenvalue weighted by molar-refractivity contribution is -0.152. The van der Waals surface area contributed by atoms with Gasteiger partial charge in [-0.15, -0.1) is 0 Å². The van der Waals surface area contributed by atoms with Gasteiger partial charge in [0.2, 0.25) is 5.89 Å². The summed E-state index contributed by atoms with van der Waals surface area (Å²) in [7, 11) is 1.60. The Morgan fingerprint density at radius 3 is 2.40 bits per heavy atom. The van der Waals surface area contributed by atoms with Crippen LogP contribution in [-0.2, 0) is 11.4 Å². The smallest absolute Gasteiger partial charge is 0.347 e. The van der Waals surface area contributed by atoms with Crippen LogP contribution in [0.25, 0.3) is 38.9 Å². The highest BCUT2D eigenvalue weighted by Gasteiger charge is 2.31. The van der Waals surface area contributed by atoms with Gasteiger partial charge in [-0.1, -0.05) is 42.5 Å². The van der Waals surface area contributed by atoms with Crippen LogP contribution in [0.4, 0.5) is 0 Å². The van der Waals surface area contributed by atoms with Gasteiger partial charge in [-0.05, 0) is 63.2 Å². The number of aryl methyl sites for hydroxylation is 1. The monoisotopic (exact) mass is 562 g/mol. The Bertz CT molecular complexity index is 1920. The lowest BCUT2D eigenvalue weighted by atomic mass is 10.1. The number of benzene rings is 4. The molecule has 8 heteroatoms. The fourth-order valence-electron chi connectivity index (χ4n) is 5.00. The number of hydrogen-bond donors (Lipinski definition) is 1. The first-order chi connectivity index (χ1) is 20.3. The molecular formula is C34H30N2O6. The van der Waals surface area contributed by atoms with E-state index >= 15 is 0 Å². The lowest BCUT2D eigenvalue weighted by Gasteiger charge is -2.22. The van der Waals surface area contributed by atoms with Crippen molar-refractivity contribution in [1.82, 2.24) is 9.55 Å². The van der Waals surface area contributed by atoms with Gasteiger partial charge >= 0.3 is 5.97 Å².